The van der Waals surface area contributed by atoms with Gasteiger partial charge in [0.1, 0.15) is 11.9 Å². The van der Waals surface area contributed by atoms with E-state index in [0.29, 0.717) is 50.2 Å². The zero-order chi connectivity index (χ0) is 27.8. The second-order valence-corrected chi connectivity index (χ2v) is 10.6. The molecule has 0 spiro atoms. The lowest BCUT2D eigenvalue weighted by Gasteiger charge is -2.43. The molecule has 3 N–H and O–H groups in total. The van der Waals surface area contributed by atoms with E-state index in [9.17, 15) is 14.0 Å². The quantitative estimate of drug-likeness (QED) is 0.510. The topological polar surface area (TPSA) is 112 Å². The van der Waals surface area contributed by atoms with E-state index < -0.39 is 11.9 Å². The molecule has 2 aromatic carbocycles. The normalized spacial score (nSPS) is 23.3. The van der Waals surface area contributed by atoms with E-state index in [0.717, 1.165) is 31.2 Å². The van der Waals surface area contributed by atoms with Gasteiger partial charge in [-0.2, -0.15) is 5.26 Å². The second kappa shape index (κ2) is 13.7. The maximum Gasteiger partial charge on any atom is 0.254 e. The van der Waals surface area contributed by atoms with E-state index >= 15 is 0 Å². The Morgan fingerprint density at radius 1 is 1.10 bits per heavy atom. The van der Waals surface area contributed by atoms with Crippen molar-refractivity contribution in [1.29, 1.82) is 5.26 Å². The highest BCUT2D eigenvalue weighted by Crippen LogP contribution is 2.27. The molecule has 208 valence electrons. The monoisotopic (exact) mass is 535 g/mol. The third-order valence-electron chi connectivity index (χ3n) is 7.92. The first kappa shape index (κ1) is 28.7. The molecule has 9 heteroatoms. The molecule has 2 atom stereocenters. The summed E-state index contributed by atoms with van der Waals surface area (Å²) in [6.45, 7) is 2.25. The van der Waals surface area contributed by atoms with E-state index in [1.807, 2.05) is 12.1 Å². The van der Waals surface area contributed by atoms with Crippen molar-refractivity contribution in [3.8, 4) is 6.07 Å². The number of halogens is 1. The van der Waals surface area contributed by atoms with Gasteiger partial charge in [-0.15, -0.1) is 0 Å². The Hall–Kier alpha value is -3.32. The molecule has 2 aromatic rings. The number of carbonyl (C=O) groups is 2. The van der Waals surface area contributed by atoms with Crippen LogP contribution in [0.1, 0.15) is 60.0 Å². The SMILES string of the molecule is COCCN(Cc1ccc(C#N)cc1)C1CCN(C(=O)c2ccc(F)cc2)[C@@H](C(=O)NC2CCC(N)CC2)C1. The van der Waals surface area contributed by atoms with Gasteiger partial charge in [0, 0.05) is 50.4 Å². The van der Waals surface area contributed by atoms with Gasteiger partial charge in [-0.25, -0.2) is 4.39 Å². The molecule has 1 heterocycles. The number of carbonyl (C=O) groups excluding carboxylic acids is 2. The lowest BCUT2D eigenvalue weighted by atomic mass is 9.90. The number of hydrogen-bond donors (Lipinski definition) is 2. The Balaban J connectivity index is 1.54. The van der Waals surface area contributed by atoms with E-state index in [1.165, 1.54) is 24.3 Å². The van der Waals surface area contributed by atoms with Crippen LogP contribution in [0.2, 0.25) is 0 Å². The van der Waals surface area contributed by atoms with Crippen molar-refractivity contribution in [3.63, 3.8) is 0 Å². The average Bonchev–Trinajstić information content (AvgIpc) is 2.96. The molecule has 0 bridgehead atoms. The van der Waals surface area contributed by atoms with Crippen molar-refractivity contribution in [2.75, 3.05) is 26.8 Å². The number of methoxy groups -OCH3 is 1. The van der Waals surface area contributed by atoms with Gasteiger partial charge >= 0.3 is 0 Å². The summed E-state index contributed by atoms with van der Waals surface area (Å²) < 4.78 is 18.9. The number of likely N-dealkylation sites (tertiary alicyclic amines) is 1. The van der Waals surface area contributed by atoms with Crippen molar-refractivity contribution in [3.05, 3.63) is 71.0 Å². The van der Waals surface area contributed by atoms with Crippen molar-refractivity contribution in [2.24, 2.45) is 5.73 Å². The fourth-order valence-electron chi connectivity index (χ4n) is 5.61. The highest BCUT2D eigenvalue weighted by Gasteiger charge is 2.39. The number of hydrogen-bond acceptors (Lipinski definition) is 6. The van der Waals surface area contributed by atoms with Crippen LogP contribution >= 0.6 is 0 Å². The molecular formula is C30H38FN5O3. The maximum atomic E-state index is 13.7. The van der Waals surface area contributed by atoms with Crippen LogP contribution in [-0.2, 0) is 16.1 Å². The molecule has 4 rings (SSSR count). The minimum absolute atomic E-state index is 0.0450. The first-order valence-electron chi connectivity index (χ1n) is 13.7. The summed E-state index contributed by atoms with van der Waals surface area (Å²) >= 11 is 0. The minimum atomic E-state index is -0.650. The standard InChI is InChI=1S/C30H38FN5O3/c1-39-17-16-35(20-22-4-2-21(19-32)3-5-22)27-14-15-36(30(38)23-6-8-24(31)9-7-23)28(18-27)29(37)34-26-12-10-25(33)11-13-26/h2-9,25-28H,10-18,20,33H2,1H3,(H,34,37)/t25?,26?,27?,28-/m1/s1. The first-order valence-corrected chi connectivity index (χ1v) is 13.7. The van der Waals surface area contributed by atoms with Crippen LogP contribution in [0.25, 0.3) is 0 Å². The van der Waals surface area contributed by atoms with Crippen LogP contribution < -0.4 is 11.1 Å². The highest BCUT2D eigenvalue weighted by molar-refractivity contribution is 5.97. The molecule has 2 aliphatic rings. The molecule has 1 saturated heterocycles. The van der Waals surface area contributed by atoms with Gasteiger partial charge in [0.2, 0.25) is 5.91 Å². The Bertz CT molecular complexity index is 1140. The molecule has 1 aliphatic heterocycles. The van der Waals surface area contributed by atoms with Crippen molar-refractivity contribution in [1.82, 2.24) is 15.1 Å². The Kier molecular flexibility index (Phi) is 10.0. The highest BCUT2D eigenvalue weighted by atomic mass is 19.1. The minimum Gasteiger partial charge on any atom is -0.383 e. The predicted octanol–water partition coefficient (Wildman–Crippen LogP) is 3.21. The molecule has 0 aromatic heterocycles. The van der Waals surface area contributed by atoms with Gasteiger partial charge in [-0.05, 0) is 80.5 Å². The molecule has 0 radical (unpaired) electrons. The summed E-state index contributed by atoms with van der Waals surface area (Å²) in [7, 11) is 1.66. The van der Waals surface area contributed by atoms with Gasteiger partial charge in [0.05, 0.1) is 18.2 Å². The molecule has 1 aliphatic carbocycles. The number of amides is 2. The lowest BCUT2D eigenvalue weighted by molar-refractivity contribution is -0.128. The number of piperidine rings is 1. The number of nitrogens with one attached hydrogen (secondary N) is 1. The Morgan fingerprint density at radius 3 is 2.44 bits per heavy atom. The smallest absolute Gasteiger partial charge is 0.254 e. The van der Waals surface area contributed by atoms with Gasteiger partial charge in [0.15, 0.2) is 0 Å². The van der Waals surface area contributed by atoms with Gasteiger partial charge in [-0.1, -0.05) is 12.1 Å². The van der Waals surface area contributed by atoms with Crippen molar-refractivity contribution in [2.45, 2.75) is 69.2 Å². The molecule has 1 unspecified atom stereocenters. The Morgan fingerprint density at radius 2 is 1.79 bits per heavy atom. The number of rotatable bonds is 9. The van der Waals surface area contributed by atoms with Crippen LogP contribution in [0.15, 0.2) is 48.5 Å². The molecule has 1 saturated carbocycles. The fourth-order valence-corrected chi connectivity index (χ4v) is 5.61. The third-order valence-corrected chi connectivity index (χ3v) is 7.92. The number of nitrogens with zero attached hydrogens (tertiary/aromatic N) is 3. The summed E-state index contributed by atoms with van der Waals surface area (Å²) in [5.74, 6) is -0.831. The molecule has 2 amide bonds. The zero-order valence-electron chi connectivity index (χ0n) is 22.5. The van der Waals surface area contributed by atoms with Crippen LogP contribution in [0.5, 0.6) is 0 Å². The molecule has 2 fully saturated rings. The summed E-state index contributed by atoms with van der Waals surface area (Å²) in [4.78, 5) is 31.1. The second-order valence-electron chi connectivity index (χ2n) is 10.6. The van der Waals surface area contributed by atoms with Crippen LogP contribution in [0.4, 0.5) is 4.39 Å². The average molecular weight is 536 g/mol. The maximum absolute atomic E-state index is 13.7. The summed E-state index contributed by atoms with van der Waals surface area (Å²) in [6, 6.07) is 14.7. The van der Waals surface area contributed by atoms with E-state index in [-0.39, 0.29) is 29.9 Å². The first-order chi connectivity index (χ1) is 18.9. The largest absolute Gasteiger partial charge is 0.383 e. The van der Waals surface area contributed by atoms with E-state index in [4.69, 9.17) is 15.7 Å². The summed E-state index contributed by atoms with van der Waals surface area (Å²) in [5, 5.41) is 12.3. The fraction of sp³-hybridized carbons (Fsp3) is 0.500. The Labute approximate surface area is 229 Å². The summed E-state index contributed by atoms with van der Waals surface area (Å²) in [6.07, 6.45) is 4.55. The lowest BCUT2D eigenvalue weighted by Crippen LogP contribution is -2.58. The number of benzene rings is 2. The van der Waals surface area contributed by atoms with E-state index in [2.05, 4.69) is 16.3 Å². The van der Waals surface area contributed by atoms with Gasteiger partial charge in [-0.3, -0.25) is 14.5 Å². The number of nitrogens with two attached hydrogens (primary N) is 1. The third kappa shape index (κ3) is 7.63. The number of ether oxygens (including phenoxy) is 1. The van der Waals surface area contributed by atoms with Crippen molar-refractivity contribution < 1.29 is 18.7 Å². The summed E-state index contributed by atoms with van der Waals surface area (Å²) in [5.41, 5.74) is 8.09. The zero-order valence-corrected chi connectivity index (χ0v) is 22.5. The van der Waals surface area contributed by atoms with Gasteiger partial charge < -0.3 is 20.7 Å². The molecule has 8 nitrogen and oxygen atoms in total. The van der Waals surface area contributed by atoms with Crippen molar-refractivity contribution >= 4 is 11.8 Å². The van der Waals surface area contributed by atoms with Crippen LogP contribution in [0, 0.1) is 17.1 Å². The number of nitriles is 1. The molecular weight excluding hydrogens is 497 g/mol. The van der Waals surface area contributed by atoms with Crippen LogP contribution in [0.3, 0.4) is 0 Å². The van der Waals surface area contributed by atoms with Gasteiger partial charge in [0.25, 0.3) is 5.91 Å². The van der Waals surface area contributed by atoms with E-state index in [1.54, 1.807) is 24.1 Å². The predicted molar refractivity (Wildman–Crippen MR) is 146 cm³/mol. The molecule has 39 heavy (non-hydrogen) atoms. The van der Waals surface area contributed by atoms with Crippen LogP contribution in [-0.4, -0.2) is 72.6 Å².